The molecule has 1 aliphatic carbocycles. The van der Waals surface area contributed by atoms with Gasteiger partial charge in [0.25, 0.3) is 5.91 Å². The largest absolute Gasteiger partial charge is 0.325 e. The van der Waals surface area contributed by atoms with Gasteiger partial charge >= 0.3 is 6.03 Å². The molecule has 1 aromatic carbocycles. The minimum atomic E-state index is -3.35. The Bertz CT molecular complexity index is 1160. The lowest BCUT2D eigenvalue weighted by Crippen LogP contribution is -2.54. The van der Waals surface area contributed by atoms with Crippen LogP contribution in [0.1, 0.15) is 32.6 Å². The first-order chi connectivity index (χ1) is 14.1. The molecule has 9 nitrogen and oxygen atoms in total. The summed E-state index contributed by atoms with van der Waals surface area (Å²) in [5.74, 6) is -0.873. The normalized spacial score (nSPS) is 24.5. The lowest BCUT2D eigenvalue weighted by Gasteiger charge is -2.36. The minimum absolute atomic E-state index is 0.0177. The van der Waals surface area contributed by atoms with Crippen molar-refractivity contribution in [3.63, 3.8) is 0 Å². The van der Waals surface area contributed by atoms with E-state index in [-0.39, 0.29) is 21.9 Å². The lowest BCUT2D eigenvalue weighted by atomic mass is 9.73. The van der Waals surface area contributed by atoms with E-state index in [2.05, 4.69) is 15.6 Å². The van der Waals surface area contributed by atoms with Crippen molar-refractivity contribution >= 4 is 54.4 Å². The van der Waals surface area contributed by atoms with Gasteiger partial charge in [0.15, 0.2) is 15.0 Å². The summed E-state index contributed by atoms with van der Waals surface area (Å²) in [6.45, 7) is 1.55. The molecule has 1 aliphatic heterocycles. The van der Waals surface area contributed by atoms with Crippen molar-refractivity contribution in [2.45, 2.75) is 43.0 Å². The number of hydrogen-bond donors (Lipinski definition) is 2. The van der Waals surface area contributed by atoms with Crippen LogP contribution in [0.5, 0.6) is 0 Å². The molecule has 2 atom stereocenters. The SMILES string of the molecule is C[C@H]1CCCC[C@]12NC(=O)N(CC(=O)Nc1nc3ccc(S(C)(=O)=O)cc3s1)C2=O. The van der Waals surface area contributed by atoms with Crippen LogP contribution in [0, 0.1) is 5.92 Å². The van der Waals surface area contributed by atoms with Gasteiger partial charge in [0.1, 0.15) is 12.1 Å². The van der Waals surface area contributed by atoms with Crippen molar-refractivity contribution < 1.29 is 22.8 Å². The number of amides is 4. The number of aromatic nitrogens is 1. The first kappa shape index (κ1) is 20.7. The third kappa shape index (κ3) is 3.56. The smallest absolute Gasteiger partial charge is 0.323 e. The molecule has 1 saturated heterocycles. The van der Waals surface area contributed by atoms with Crippen LogP contribution < -0.4 is 10.6 Å². The van der Waals surface area contributed by atoms with Crippen LogP contribution in [-0.2, 0) is 19.4 Å². The zero-order valence-corrected chi connectivity index (χ0v) is 18.2. The molecule has 2 heterocycles. The van der Waals surface area contributed by atoms with Crippen molar-refractivity contribution in [1.29, 1.82) is 0 Å². The zero-order chi connectivity index (χ0) is 21.7. The number of benzene rings is 1. The number of imide groups is 1. The Morgan fingerprint density at radius 3 is 2.83 bits per heavy atom. The van der Waals surface area contributed by atoms with Gasteiger partial charge in [-0.25, -0.2) is 18.2 Å². The lowest BCUT2D eigenvalue weighted by molar-refractivity contribution is -0.136. The average Bonchev–Trinajstić information content (AvgIpc) is 3.17. The van der Waals surface area contributed by atoms with Gasteiger partial charge in [0.05, 0.1) is 15.1 Å². The van der Waals surface area contributed by atoms with Crippen LogP contribution in [0.3, 0.4) is 0 Å². The van der Waals surface area contributed by atoms with Crippen LogP contribution >= 0.6 is 11.3 Å². The van der Waals surface area contributed by atoms with Gasteiger partial charge in [-0.05, 0) is 37.0 Å². The monoisotopic (exact) mass is 450 g/mol. The van der Waals surface area contributed by atoms with Crippen molar-refractivity contribution in [2.75, 3.05) is 18.1 Å². The number of urea groups is 1. The Kier molecular flexibility index (Phi) is 5.05. The van der Waals surface area contributed by atoms with Crippen LogP contribution in [0.25, 0.3) is 10.2 Å². The highest BCUT2D eigenvalue weighted by atomic mass is 32.2. The summed E-state index contributed by atoms with van der Waals surface area (Å²) in [5, 5.41) is 5.69. The number of thiazole rings is 1. The van der Waals surface area contributed by atoms with Gasteiger partial charge in [-0.15, -0.1) is 0 Å². The van der Waals surface area contributed by atoms with E-state index >= 15 is 0 Å². The molecule has 0 bridgehead atoms. The van der Waals surface area contributed by atoms with Gasteiger partial charge in [0.2, 0.25) is 5.91 Å². The molecule has 0 unspecified atom stereocenters. The van der Waals surface area contributed by atoms with E-state index in [9.17, 15) is 22.8 Å². The Hall–Kier alpha value is -2.53. The first-order valence-electron chi connectivity index (χ1n) is 9.65. The third-order valence-corrected chi connectivity index (χ3v) is 7.88. The molecule has 30 heavy (non-hydrogen) atoms. The molecular weight excluding hydrogens is 428 g/mol. The van der Waals surface area contributed by atoms with E-state index in [0.29, 0.717) is 16.6 Å². The summed E-state index contributed by atoms with van der Waals surface area (Å²) in [4.78, 5) is 43.3. The Morgan fingerprint density at radius 2 is 2.13 bits per heavy atom. The molecule has 160 valence electrons. The highest BCUT2D eigenvalue weighted by Crippen LogP contribution is 2.38. The van der Waals surface area contributed by atoms with E-state index in [1.165, 1.54) is 12.1 Å². The molecular formula is C19H22N4O5S2. The second-order valence-corrected chi connectivity index (χ2v) is 11.0. The molecule has 2 N–H and O–H groups in total. The van der Waals surface area contributed by atoms with Gasteiger partial charge in [0, 0.05) is 6.26 Å². The second-order valence-electron chi connectivity index (χ2n) is 7.91. The molecule has 2 aromatic rings. The molecule has 2 aliphatic rings. The number of hydrogen-bond acceptors (Lipinski definition) is 7. The van der Waals surface area contributed by atoms with E-state index in [1.54, 1.807) is 6.07 Å². The van der Waals surface area contributed by atoms with E-state index < -0.39 is 33.9 Å². The van der Waals surface area contributed by atoms with Gasteiger partial charge < -0.3 is 10.6 Å². The quantitative estimate of drug-likeness (QED) is 0.688. The van der Waals surface area contributed by atoms with Crippen LogP contribution in [-0.4, -0.2) is 54.5 Å². The van der Waals surface area contributed by atoms with E-state index in [1.807, 2.05) is 6.92 Å². The third-order valence-electron chi connectivity index (χ3n) is 5.84. The van der Waals surface area contributed by atoms with E-state index in [0.717, 1.165) is 41.8 Å². The molecule has 1 saturated carbocycles. The number of rotatable bonds is 4. The number of anilines is 1. The maximum atomic E-state index is 13.0. The number of fused-ring (bicyclic) bond motifs is 1. The predicted octanol–water partition coefficient (Wildman–Crippen LogP) is 2.14. The van der Waals surface area contributed by atoms with E-state index in [4.69, 9.17) is 0 Å². The number of carbonyl (C=O) groups is 3. The molecule has 0 radical (unpaired) electrons. The van der Waals surface area contributed by atoms with Crippen molar-refractivity contribution in [1.82, 2.24) is 15.2 Å². The molecule has 4 rings (SSSR count). The summed E-state index contributed by atoms with van der Waals surface area (Å²) in [7, 11) is -3.35. The maximum absolute atomic E-state index is 13.0. The molecule has 2 fully saturated rings. The predicted molar refractivity (Wildman–Crippen MR) is 112 cm³/mol. The maximum Gasteiger partial charge on any atom is 0.325 e. The summed E-state index contributed by atoms with van der Waals surface area (Å²) >= 11 is 1.13. The van der Waals surface area contributed by atoms with Crippen LogP contribution in [0.15, 0.2) is 23.1 Å². The summed E-state index contributed by atoms with van der Waals surface area (Å²) in [6, 6.07) is 3.99. The number of nitrogens with zero attached hydrogens (tertiary/aromatic N) is 2. The van der Waals surface area contributed by atoms with Gasteiger partial charge in [-0.3, -0.25) is 14.5 Å². The van der Waals surface area contributed by atoms with Crippen molar-refractivity contribution in [3.05, 3.63) is 18.2 Å². The van der Waals surface area contributed by atoms with Gasteiger partial charge in [-0.1, -0.05) is 31.1 Å². The van der Waals surface area contributed by atoms with Crippen molar-refractivity contribution in [2.24, 2.45) is 5.92 Å². The number of carbonyl (C=O) groups excluding carboxylic acids is 3. The Labute approximate surface area is 177 Å². The first-order valence-corrected chi connectivity index (χ1v) is 12.4. The fourth-order valence-corrected chi connectivity index (χ4v) is 5.77. The summed E-state index contributed by atoms with van der Waals surface area (Å²) < 4.78 is 24.0. The average molecular weight is 451 g/mol. The molecule has 11 heteroatoms. The molecule has 1 spiro atoms. The highest BCUT2D eigenvalue weighted by Gasteiger charge is 2.55. The fourth-order valence-electron chi connectivity index (χ4n) is 4.13. The zero-order valence-electron chi connectivity index (χ0n) is 16.6. The molecule has 1 aromatic heterocycles. The van der Waals surface area contributed by atoms with Crippen LogP contribution in [0.4, 0.5) is 9.93 Å². The minimum Gasteiger partial charge on any atom is -0.323 e. The topological polar surface area (TPSA) is 126 Å². The second kappa shape index (κ2) is 7.31. The van der Waals surface area contributed by atoms with Crippen LogP contribution in [0.2, 0.25) is 0 Å². The van der Waals surface area contributed by atoms with Crippen molar-refractivity contribution in [3.8, 4) is 0 Å². The fraction of sp³-hybridized carbons (Fsp3) is 0.474. The summed E-state index contributed by atoms with van der Waals surface area (Å²) in [6.07, 6.45) is 4.43. The highest BCUT2D eigenvalue weighted by molar-refractivity contribution is 7.90. The summed E-state index contributed by atoms with van der Waals surface area (Å²) in [5.41, 5.74) is -0.360. The Morgan fingerprint density at radius 1 is 1.37 bits per heavy atom. The Balaban J connectivity index is 1.48. The van der Waals surface area contributed by atoms with Gasteiger partial charge in [-0.2, -0.15) is 0 Å². The number of nitrogens with one attached hydrogen (secondary N) is 2. The molecule has 4 amide bonds. The standard InChI is InChI=1S/C19H22N4O5S2/c1-11-5-3-4-8-19(11)16(25)23(18(26)22-19)10-15(24)21-17-20-13-7-6-12(30(2,27)28)9-14(13)29-17/h6-7,9,11H,3-5,8,10H2,1-2H3,(H,22,26)(H,20,21,24)/t11-,19-/m0/s1. The number of sulfone groups is 1.